The van der Waals surface area contributed by atoms with Crippen LogP contribution in [-0.4, -0.2) is 4.98 Å². The van der Waals surface area contributed by atoms with E-state index < -0.39 is 0 Å². The van der Waals surface area contributed by atoms with E-state index in [0.29, 0.717) is 17.8 Å². The fraction of sp³-hybridized carbons (Fsp3) is 0.303. The van der Waals surface area contributed by atoms with Crippen molar-refractivity contribution >= 4 is 32.3 Å². The highest BCUT2D eigenvalue weighted by Gasteiger charge is 2.15. The van der Waals surface area contributed by atoms with Gasteiger partial charge < -0.3 is 0 Å². The van der Waals surface area contributed by atoms with Crippen LogP contribution in [0.3, 0.4) is 0 Å². The van der Waals surface area contributed by atoms with Crippen molar-refractivity contribution in [3.8, 4) is 11.3 Å². The molecule has 0 N–H and O–H groups in total. The molecule has 0 amide bonds. The quantitative estimate of drug-likeness (QED) is 0.245. The van der Waals surface area contributed by atoms with Crippen LogP contribution in [0.4, 0.5) is 0 Å². The molecule has 0 radical (unpaired) electrons. The maximum atomic E-state index is 4.92. The van der Waals surface area contributed by atoms with Gasteiger partial charge in [0.15, 0.2) is 0 Å². The van der Waals surface area contributed by atoms with Crippen LogP contribution in [-0.2, 0) is 6.42 Å². The van der Waals surface area contributed by atoms with E-state index in [-0.39, 0.29) is 0 Å². The van der Waals surface area contributed by atoms with Gasteiger partial charge in [0.2, 0.25) is 0 Å². The second-order valence-corrected chi connectivity index (χ2v) is 10.8. The molecule has 0 unspecified atom stereocenters. The normalized spacial score (nSPS) is 12.1. The predicted molar refractivity (Wildman–Crippen MR) is 149 cm³/mol. The number of nitrogens with zero attached hydrogens (tertiary/aromatic N) is 1. The summed E-state index contributed by atoms with van der Waals surface area (Å²) in [5.41, 5.74) is 6.51. The van der Waals surface area contributed by atoms with Gasteiger partial charge in [-0.25, -0.2) is 0 Å². The Labute approximate surface area is 203 Å². The predicted octanol–water partition coefficient (Wildman–Crippen LogP) is 9.65. The lowest BCUT2D eigenvalue weighted by atomic mass is 9.89. The van der Waals surface area contributed by atoms with Crippen molar-refractivity contribution in [1.29, 1.82) is 0 Å². The molecule has 172 valence electrons. The number of hydrogen-bond acceptors (Lipinski definition) is 1. The third-order valence-corrected chi connectivity index (χ3v) is 7.08. The molecule has 34 heavy (non-hydrogen) atoms. The third kappa shape index (κ3) is 3.98. The molecule has 0 atom stereocenters. The van der Waals surface area contributed by atoms with Crippen LogP contribution in [0, 0.1) is 5.92 Å². The van der Waals surface area contributed by atoms with Gasteiger partial charge in [0, 0.05) is 17.1 Å². The van der Waals surface area contributed by atoms with Crippen LogP contribution in [0.15, 0.2) is 72.9 Å². The van der Waals surface area contributed by atoms with Crippen LogP contribution in [0.2, 0.25) is 0 Å². The van der Waals surface area contributed by atoms with Crippen LogP contribution < -0.4 is 0 Å². The zero-order valence-electron chi connectivity index (χ0n) is 21.3. The van der Waals surface area contributed by atoms with Crippen molar-refractivity contribution in [1.82, 2.24) is 4.98 Å². The van der Waals surface area contributed by atoms with Crippen LogP contribution in [0.25, 0.3) is 43.6 Å². The molecule has 1 heterocycles. The molecule has 0 fully saturated rings. The molecule has 0 bridgehead atoms. The van der Waals surface area contributed by atoms with Crippen molar-refractivity contribution in [2.45, 2.75) is 59.8 Å². The van der Waals surface area contributed by atoms with Gasteiger partial charge in [-0.05, 0) is 92.1 Å². The summed E-state index contributed by atoms with van der Waals surface area (Å²) in [5, 5.41) is 7.91. The number of pyridine rings is 1. The summed E-state index contributed by atoms with van der Waals surface area (Å²) in [7, 11) is 0. The van der Waals surface area contributed by atoms with Crippen molar-refractivity contribution in [3.63, 3.8) is 0 Å². The van der Waals surface area contributed by atoms with E-state index in [9.17, 15) is 0 Å². The van der Waals surface area contributed by atoms with Crippen molar-refractivity contribution < 1.29 is 0 Å². The Morgan fingerprint density at radius 1 is 0.588 bits per heavy atom. The Bertz CT molecular complexity index is 1480. The van der Waals surface area contributed by atoms with E-state index in [1.54, 1.807) is 0 Å². The Kier molecular flexibility index (Phi) is 5.90. The highest BCUT2D eigenvalue weighted by molar-refractivity contribution is 6.19. The van der Waals surface area contributed by atoms with Gasteiger partial charge in [0.1, 0.15) is 0 Å². The monoisotopic (exact) mass is 445 g/mol. The largest absolute Gasteiger partial charge is 0.256 e. The van der Waals surface area contributed by atoms with E-state index in [0.717, 1.165) is 12.1 Å². The smallest absolute Gasteiger partial charge is 0.0780 e. The van der Waals surface area contributed by atoms with Crippen molar-refractivity contribution in [2.75, 3.05) is 0 Å². The molecule has 0 aliphatic heterocycles. The Morgan fingerprint density at radius 2 is 1.18 bits per heavy atom. The highest BCUT2D eigenvalue weighted by atomic mass is 14.7. The van der Waals surface area contributed by atoms with Gasteiger partial charge in [0.05, 0.1) is 5.69 Å². The lowest BCUT2D eigenvalue weighted by Gasteiger charge is -2.17. The van der Waals surface area contributed by atoms with Crippen molar-refractivity contribution in [3.05, 3.63) is 89.6 Å². The summed E-state index contributed by atoms with van der Waals surface area (Å²) in [6, 6.07) is 25.1. The Morgan fingerprint density at radius 3 is 1.82 bits per heavy atom. The van der Waals surface area contributed by atoms with Gasteiger partial charge in [-0.15, -0.1) is 0 Å². The maximum absolute atomic E-state index is 4.92. The first-order chi connectivity index (χ1) is 16.3. The van der Waals surface area contributed by atoms with Crippen molar-refractivity contribution in [2.24, 2.45) is 5.92 Å². The molecule has 0 saturated heterocycles. The minimum atomic E-state index is 0.484. The van der Waals surface area contributed by atoms with E-state index in [4.69, 9.17) is 4.98 Å². The summed E-state index contributed by atoms with van der Waals surface area (Å²) in [5.74, 6) is 1.58. The first kappa shape index (κ1) is 22.6. The Hall–Kier alpha value is -3.19. The molecule has 1 heteroatoms. The average Bonchev–Trinajstić information content (AvgIpc) is 2.83. The van der Waals surface area contributed by atoms with Gasteiger partial charge >= 0.3 is 0 Å². The lowest BCUT2D eigenvalue weighted by Crippen LogP contribution is -1.97. The molecular formula is C33H35N. The van der Waals surface area contributed by atoms with E-state index >= 15 is 0 Å². The summed E-state index contributed by atoms with van der Waals surface area (Å²) in [4.78, 5) is 4.92. The molecule has 5 rings (SSSR count). The zero-order valence-corrected chi connectivity index (χ0v) is 21.3. The number of aromatic nitrogens is 1. The lowest BCUT2D eigenvalue weighted by molar-refractivity contribution is 0.650. The van der Waals surface area contributed by atoms with Gasteiger partial charge in [-0.2, -0.15) is 0 Å². The second kappa shape index (κ2) is 8.87. The average molecular weight is 446 g/mol. The highest BCUT2D eigenvalue weighted by Crippen LogP contribution is 2.38. The molecule has 0 aliphatic carbocycles. The fourth-order valence-electron chi connectivity index (χ4n) is 5.24. The van der Waals surface area contributed by atoms with Crippen LogP contribution in [0.5, 0.6) is 0 Å². The Balaban J connectivity index is 1.82. The summed E-state index contributed by atoms with van der Waals surface area (Å²) < 4.78 is 0. The topological polar surface area (TPSA) is 12.9 Å². The molecule has 0 saturated carbocycles. The minimum absolute atomic E-state index is 0.484. The maximum Gasteiger partial charge on any atom is 0.0780 e. The van der Waals surface area contributed by atoms with Gasteiger partial charge in [0.25, 0.3) is 0 Å². The number of rotatable bonds is 5. The molecular weight excluding hydrogens is 410 g/mol. The van der Waals surface area contributed by atoms with E-state index in [1.165, 1.54) is 54.6 Å². The first-order valence-electron chi connectivity index (χ1n) is 12.7. The van der Waals surface area contributed by atoms with Crippen LogP contribution >= 0.6 is 0 Å². The SMILES string of the molecule is CC(C)Cc1cc2c3ccnc(-c4cc(C(C)C)cc(C(C)C)c4)c3ccc2c2ccccc12. The summed E-state index contributed by atoms with van der Waals surface area (Å²) in [6.45, 7) is 13.7. The van der Waals surface area contributed by atoms with Gasteiger partial charge in [-0.1, -0.05) is 84.0 Å². The second-order valence-electron chi connectivity index (χ2n) is 10.8. The zero-order chi connectivity index (χ0) is 24.0. The van der Waals surface area contributed by atoms with E-state index in [1.807, 2.05) is 6.20 Å². The molecule has 1 nitrogen and oxygen atoms in total. The molecule has 0 aliphatic rings. The molecule has 1 aromatic heterocycles. The molecule has 4 aromatic carbocycles. The van der Waals surface area contributed by atoms with E-state index in [2.05, 4.69) is 108 Å². The number of benzene rings is 4. The molecule has 0 spiro atoms. The first-order valence-corrected chi connectivity index (χ1v) is 12.7. The molecule has 5 aromatic rings. The summed E-state index contributed by atoms with van der Waals surface area (Å²) in [6.07, 6.45) is 3.07. The fourth-order valence-corrected chi connectivity index (χ4v) is 5.24. The third-order valence-electron chi connectivity index (χ3n) is 7.08. The standard InChI is InChI=1S/C33H35N/c1-20(2)15-25-19-32-29(28-10-8-7-9-27(25)28)11-12-31-30(32)13-14-34-33(31)26-17-23(21(3)4)16-24(18-26)22(5)6/h7-14,16-22H,15H2,1-6H3. The minimum Gasteiger partial charge on any atom is -0.256 e. The number of hydrogen-bond donors (Lipinski definition) is 0. The number of fused-ring (bicyclic) bond motifs is 5. The van der Waals surface area contributed by atoms with Crippen LogP contribution in [0.1, 0.15) is 70.1 Å². The summed E-state index contributed by atoms with van der Waals surface area (Å²) >= 11 is 0. The van der Waals surface area contributed by atoms with Gasteiger partial charge in [-0.3, -0.25) is 4.98 Å².